The lowest BCUT2D eigenvalue weighted by molar-refractivity contribution is 0.240. The number of nitrogens with zero attached hydrogens (tertiary/aromatic N) is 1. The number of amides is 2. The maximum Gasteiger partial charge on any atom is 0.321 e. The van der Waals surface area contributed by atoms with Crippen LogP contribution in [-0.4, -0.2) is 16.6 Å². The number of nitrogens with one attached hydrogen (secondary N) is 2. The number of rotatable bonds is 4. The minimum Gasteiger partial charge on any atom is -0.333 e. The Kier molecular flexibility index (Phi) is 4.75. The summed E-state index contributed by atoms with van der Waals surface area (Å²) >= 11 is 1.18. The highest BCUT2D eigenvalue weighted by molar-refractivity contribution is 7.14. The number of carbonyl (C=O) groups is 1. The molecule has 2 N–H and O–H groups in total. The standard InChI is InChI=1S/C15H17F2N3OS/c1-4-15(2,3)20-13(21)19-14-18-12(8-22-14)10-6-5-9(16)7-11(10)17/h5-8H,4H2,1-3H3,(H2,18,19,20,21). The van der Waals surface area contributed by atoms with Crippen molar-refractivity contribution < 1.29 is 13.6 Å². The van der Waals surface area contributed by atoms with E-state index in [-0.39, 0.29) is 17.1 Å². The molecule has 2 aromatic rings. The highest BCUT2D eigenvalue weighted by Gasteiger charge is 2.18. The Morgan fingerprint density at radius 3 is 2.73 bits per heavy atom. The number of aromatic nitrogens is 1. The molecule has 0 atom stereocenters. The molecule has 0 fully saturated rings. The van der Waals surface area contributed by atoms with Crippen LogP contribution in [0, 0.1) is 11.6 Å². The SMILES string of the molecule is CCC(C)(C)NC(=O)Nc1nc(-c2ccc(F)cc2F)cs1. The molecule has 0 spiro atoms. The van der Waals surface area contributed by atoms with Gasteiger partial charge in [-0.25, -0.2) is 18.6 Å². The lowest BCUT2D eigenvalue weighted by Gasteiger charge is -2.24. The first-order chi connectivity index (χ1) is 10.3. The molecule has 0 bridgehead atoms. The molecule has 1 heterocycles. The predicted molar refractivity (Wildman–Crippen MR) is 84.0 cm³/mol. The Labute approximate surface area is 131 Å². The minimum absolute atomic E-state index is 0.194. The van der Waals surface area contributed by atoms with Crippen molar-refractivity contribution >= 4 is 22.5 Å². The zero-order valence-corrected chi connectivity index (χ0v) is 13.4. The highest BCUT2D eigenvalue weighted by atomic mass is 32.1. The summed E-state index contributed by atoms with van der Waals surface area (Å²) in [4.78, 5) is 16.0. The van der Waals surface area contributed by atoms with Crippen molar-refractivity contribution in [1.29, 1.82) is 0 Å². The second-order valence-electron chi connectivity index (χ2n) is 5.48. The molecule has 2 amide bonds. The van der Waals surface area contributed by atoms with Gasteiger partial charge in [-0.05, 0) is 32.4 Å². The van der Waals surface area contributed by atoms with Crippen LogP contribution in [0.4, 0.5) is 18.7 Å². The smallest absolute Gasteiger partial charge is 0.321 e. The van der Waals surface area contributed by atoms with Gasteiger partial charge in [0.25, 0.3) is 0 Å². The molecule has 7 heteroatoms. The number of halogens is 2. The van der Waals surface area contributed by atoms with Gasteiger partial charge in [0.05, 0.1) is 5.69 Å². The van der Waals surface area contributed by atoms with Crippen LogP contribution in [0.1, 0.15) is 27.2 Å². The topological polar surface area (TPSA) is 54.0 Å². The molecule has 4 nitrogen and oxygen atoms in total. The Morgan fingerprint density at radius 1 is 1.36 bits per heavy atom. The molecule has 118 valence electrons. The van der Waals surface area contributed by atoms with Gasteiger partial charge in [0.2, 0.25) is 0 Å². The van der Waals surface area contributed by atoms with Crippen molar-refractivity contribution in [2.45, 2.75) is 32.7 Å². The zero-order chi connectivity index (χ0) is 16.3. The summed E-state index contributed by atoms with van der Waals surface area (Å²) in [6, 6.07) is 2.93. The van der Waals surface area contributed by atoms with E-state index in [9.17, 15) is 13.6 Å². The summed E-state index contributed by atoms with van der Waals surface area (Å²) in [6.07, 6.45) is 0.782. The Hall–Kier alpha value is -2.02. The summed E-state index contributed by atoms with van der Waals surface area (Å²) in [5.41, 5.74) is 0.223. The summed E-state index contributed by atoms with van der Waals surface area (Å²) in [5, 5.41) is 7.39. The molecule has 22 heavy (non-hydrogen) atoms. The lowest BCUT2D eigenvalue weighted by Crippen LogP contribution is -2.45. The fourth-order valence-corrected chi connectivity index (χ4v) is 2.38. The van der Waals surface area contributed by atoms with Gasteiger partial charge in [0.15, 0.2) is 5.13 Å². The average molecular weight is 325 g/mol. The maximum atomic E-state index is 13.7. The van der Waals surface area contributed by atoms with Crippen molar-refractivity contribution in [1.82, 2.24) is 10.3 Å². The molecule has 0 unspecified atom stereocenters. The molecular weight excluding hydrogens is 308 g/mol. The number of urea groups is 1. The summed E-state index contributed by atoms with van der Waals surface area (Å²) in [7, 11) is 0. The van der Waals surface area contributed by atoms with Crippen molar-refractivity contribution in [2.75, 3.05) is 5.32 Å². The molecule has 0 aliphatic carbocycles. The number of hydrogen-bond donors (Lipinski definition) is 2. The largest absolute Gasteiger partial charge is 0.333 e. The van der Waals surface area contributed by atoms with Crippen molar-refractivity contribution in [2.24, 2.45) is 0 Å². The van der Waals surface area contributed by atoms with Crippen LogP contribution >= 0.6 is 11.3 Å². The van der Waals surface area contributed by atoms with Gasteiger partial charge in [0.1, 0.15) is 11.6 Å². The zero-order valence-electron chi connectivity index (χ0n) is 12.5. The van der Waals surface area contributed by atoms with E-state index in [4.69, 9.17) is 0 Å². The molecule has 0 aliphatic heterocycles. The highest BCUT2D eigenvalue weighted by Crippen LogP contribution is 2.27. The fraction of sp³-hybridized carbons (Fsp3) is 0.333. The first-order valence-electron chi connectivity index (χ1n) is 6.81. The van der Waals surface area contributed by atoms with Crippen LogP contribution in [0.15, 0.2) is 23.6 Å². The number of benzene rings is 1. The molecule has 0 aliphatic rings. The van der Waals surface area contributed by atoms with Gasteiger partial charge in [-0.15, -0.1) is 11.3 Å². The number of carbonyl (C=O) groups excluding carboxylic acids is 1. The van der Waals surface area contributed by atoms with E-state index in [1.165, 1.54) is 23.5 Å². The van der Waals surface area contributed by atoms with Gasteiger partial charge in [-0.3, -0.25) is 5.32 Å². The first-order valence-corrected chi connectivity index (χ1v) is 7.69. The van der Waals surface area contributed by atoms with Crippen LogP contribution in [0.5, 0.6) is 0 Å². The molecule has 2 rings (SSSR count). The lowest BCUT2D eigenvalue weighted by atomic mass is 10.0. The predicted octanol–water partition coefficient (Wildman–Crippen LogP) is 4.40. The maximum absolute atomic E-state index is 13.7. The van der Waals surface area contributed by atoms with Crippen LogP contribution in [-0.2, 0) is 0 Å². The molecule has 0 saturated carbocycles. The van der Waals surface area contributed by atoms with E-state index in [1.807, 2.05) is 20.8 Å². The Balaban J connectivity index is 2.10. The van der Waals surface area contributed by atoms with E-state index in [1.54, 1.807) is 5.38 Å². The fourth-order valence-electron chi connectivity index (χ4n) is 1.68. The summed E-state index contributed by atoms with van der Waals surface area (Å²) in [5.74, 6) is -1.33. The second kappa shape index (κ2) is 6.39. The van der Waals surface area contributed by atoms with Crippen molar-refractivity contribution in [3.63, 3.8) is 0 Å². The van der Waals surface area contributed by atoms with Gasteiger partial charge in [-0.2, -0.15) is 0 Å². The van der Waals surface area contributed by atoms with Gasteiger partial charge in [-0.1, -0.05) is 6.92 Å². The van der Waals surface area contributed by atoms with E-state index in [0.29, 0.717) is 10.8 Å². The van der Waals surface area contributed by atoms with Crippen LogP contribution < -0.4 is 10.6 Å². The normalized spacial score (nSPS) is 11.3. The van der Waals surface area contributed by atoms with Gasteiger partial charge >= 0.3 is 6.03 Å². The number of hydrogen-bond acceptors (Lipinski definition) is 3. The minimum atomic E-state index is -0.687. The second-order valence-corrected chi connectivity index (χ2v) is 6.34. The molecular formula is C15H17F2N3OS. The van der Waals surface area contributed by atoms with E-state index in [0.717, 1.165) is 12.5 Å². The summed E-state index contributed by atoms with van der Waals surface area (Å²) in [6.45, 7) is 5.79. The molecule has 1 aromatic heterocycles. The van der Waals surface area contributed by atoms with Crippen molar-refractivity contribution in [3.8, 4) is 11.3 Å². The van der Waals surface area contributed by atoms with Gasteiger partial charge < -0.3 is 5.32 Å². The van der Waals surface area contributed by atoms with Gasteiger partial charge in [0, 0.05) is 22.5 Å². The quantitative estimate of drug-likeness (QED) is 0.875. The van der Waals surface area contributed by atoms with Crippen LogP contribution in [0.2, 0.25) is 0 Å². The molecule has 0 radical (unpaired) electrons. The molecule has 1 aromatic carbocycles. The van der Waals surface area contributed by atoms with Crippen LogP contribution in [0.25, 0.3) is 11.3 Å². The monoisotopic (exact) mass is 325 g/mol. The van der Waals surface area contributed by atoms with Crippen molar-refractivity contribution in [3.05, 3.63) is 35.2 Å². The van der Waals surface area contributed by atoms with E-state index >= 15 is 0 Å². The Morgan fingerprint density at radius 2 is 2.09 bits per heavy atom. The third kappa shape index (κ3) is 4.00. The third-order valence-corrected chi connectivity index (χ3v) is 4.03. The third-order valence-electron chi connectivity index (χ3n) is 3.27. The Bertz CT molecular complexity index is 685. The van der Waals surface area contributed by atoms with E-state index < -0.39 is 11.6 Å². The first kappa shape index (κ1) is 16.4. The summed E-state index contributed by atoms with van der Waals surface area (Å²) < 4.78 is 26.6. The molecule has 0 saturated heterocycles. The number of thiazole rings is 1. The van der Waals surface area contributed by atoms with E-state index in [2.05, 4.69) is 15.6 Å². The average Bonchev–Trinajstić information content (AvgIpc) is 2.86. The van der Waals surface area contributed by atoms with Crippen LogP contribution in [0.3, 0.4) is 0 Å². The number of anilines is 1.